The third kappa shape index (κ3) is 6.69. The van der Waals surface area contributed by atoms with Crippen molar-refractivity contribution in [2.45, 2.75) is 13.0 Å². The molecule has 0 unspecified atom stereocenters. The number of pyridine rings is 1. The number of benzene rings is 2. The molecule has 156 valence electrons. The average Bonchev–Trinajstić information content (AvgIpc) is 2.79. The fourth-order valence-corrected chi connectivity index (χ4v) is 2.87. The molecule has 0 bridgehead atoms. The summed E-state index contributed by atoms with van der Waals surface area (Å²) in [6.45, 7) is 2.15. The number of hydrogen-bond donors (Lipinski definition) is 1. The molecule has 0 spiro atoms. The summed E-state index contributed by atoms with van der Waals surface area (Å²) in [6, 6.07) is 18.8. The van der Waals surface area contributed by atoms with Crippen molar-refractivity contribution in [1.29, 1.82) is 0 Å². The Hall–Kier alpha value is -3.22. The van der Waals surface area contributed by atoms with E-state index in [9.17, 15) is 4.79 Å². The van der Waals surface area contributed by atoms with Gasteiger partial charge in [-0.15, -0.1) is 0 Å². The minimum atomic E-state index is -0.0594. The topological polar surface area (TPSA) is 83.7 Å². The Kier molecular flexibility index (Phi) is 8.38. The molecule has 2 N–H and O–H groups in total. The van der Waals surface area contributed by atoms with E-state index < -0.39 is 0 Å². The Balaban J connectivity index is 1.73. The van der Waals surface area contributed by atoms with Gasteiger partial charge in [0, 0.05) is 25.4 Å². The lowest BCUT2D eigenvalue weighted by atomic mass is 10.0. The van der Waals surface area contributed by atoms with E-state index in [0.29, 0.717) is 50.0 Å². The van der Waals surface area contributed by atoms with E-state index >= 15 is 0 Å². The van der Waals surface area contributed by atoms with Gasteiger partial charge in [0.1, 0.15) is 24.7 Å². The van der Waals surface area contributed by atoms with E-state index in [1.807, 2.05) is 42.5 Å². The smallest absolute Gasteiger partial charge is 0.171 e. The van der Waals surface area contributed by atoms with Crippen LogP contribution in [0.15, 0.2) is 73.1 Å². The number of nitrogens with two attached hydrogens (primary N) is 1. The Morgan fingerprint density at radius 3 is 2.50 bits per heavy atom. The molecule has 0 aliphatic heterocycles. The van der Waals surface area contributed by atoms with Crippen LogP contribution in [0.1, 0.15) is 21.5 Å². The average molecular weight is 406 g/mol. The first-order valence-electron chi connectivity index (χ1n) is 9.90. The van der Waals surface area contributed by atoms with Gasteiger partial charge >= 0.3 is 0 Å². The molecule has 0 saturated heterocycles. The van der Waals surface area contributed by atoms with Gasteiger partial charge in [0.05, 0.1) is 18.8 Å². The van der Waals surface area contributed by atoms with Gasteiger partial charge in [-0.05, 0) is 35.4 Å². The number of aromatic nitrogens is 1. The van der Waals surface area contributed by atoms with Crippen LogP contribution < -0.4 is 15.2 Å². The summed E-state index contributed by atoms with van der Waals surface area (Å²) in [6.07, 6.45) is 3.61. The van der Waals surface area contributed by atoms with Gasteiger partial charge in [-0.3, -0.25) is 9.78 Å². The van der Waals surface area contributed by atoms with E-state index in [-0.39, 0.29) is 12.2 Å². The number of rotatable bonds is 12. The molecule has 3 aromatic rings. The van der Waals surface area contributed by atoms with Crippen molar-refractivity contribution in [1.82, 2.24) is 4.98 Å². The first-order valence-corrected chi connectivity index (χ1v) is 9.90. The molecule has 2 aromatic carbocycles. The highest BCUT2D eigenvalue weighted by Crippen LogP contribution is 2.27. The Bertz CT molecular complexity index is 917. The van der Waals surface area contributed by atoms with Crippen LogP contribution in [-0.2, 0) is 17.8 Å². The molecule has 3 rings (SSSR count). The quantitative estimate of drug-likeness (QED) is 0.366. The summed E-state index contributed by atoms with van der Waals surface area (Å²) < 4.78 is 17.0. The van der Waals surface area contributed by atoms with Crippen molar-refractivity contribution in [3.05, 3.63) is 89.7 Å². The zero-order chi connectivity index (χ0) is 21.0. The number of ether oxygens (including phenoxy) is 3. The Labute approximate surface area is 176 Å². The van der Waals surface area contributed by atoms with Crippen LogP contribution in [0.4, 0.5) is 0 Å². The van der Waals surface area contributed by atoms with Crippen molar-refractivity contribution >= 4 is 5.78 Å². The zero-order valence-electron chi connectivity index (χ0n) is 16.8. The Morgan fingerprint density at radius 2 is 1.73 bits per heavy atom. The fraction of sp³-hybridized carbons (Fsp3) is 0.250. The molecule has 1 heterocycles. The minimum Gasteiger partial charge on any atom is -0.491 e. The molecule has 6 heteroatoms. The molecule has 0 radical (unpaired) electrons. The summed E-state index contributed by atoms with van der Waals surface area (Å²) in [5.41, 5.74) is 7.76. The van der Waals surface area contributed by atoms with E-state index in [1.54, 1.807) is 30.6 Å². The van der Waals surface area contributed by atoms with Crippen LogP contribution in [0.3, 0.4) is 0 Å². The second-order valence-corrected chi connectivity index (χ2v) is 6.64. The maximum Gasteiger partial charge on any atom is 0.171 e. The lowest BCUT2D eigenvalue weighted by Gasteiger charge is -2.14. The van der Waals surface area contributed by atoms with Gasteiger partial charge in [-0.25, -0.2) is 0 Å². The van der Waals surface area contributed by atoms with Crippen molar-refractivity contribution in [3.63, 3.8) is 0 Å². The van der Waals surface area contributed by atoms with E-state index in [0.717, 1.165) is 11.1 Å². The summed E-state index contributed by atoms with van der Waals surface area (Å²) >= 11 is 0. The largest absolute Gasteiger partial charge is 0.491 e. The van der Waals surface area contributed by atoms with Gasteiger partial charge in [0.2, 0.25) is 0 Å². The first kappa shape index (κ1) is 21.5. The number of nitrogens with zero attached hydrogens (tertiary/aromatic N) is 1. The predicted molar refractivity (Wildman–Crippen MR) is 115 cm³/mol. The fourth-order valence-electron chi connectivity index (χ4n) is 2.87. The van der Waals surface area contributed by atoms with Crippen molar-refractivity contribution in [2.75, 3.05) is 26.4 Å². The second kappa shape index (κ2) is 11.7. The normalized spacial score (nSPS) is 10.6. The molecule has 30 heavy (non-hydrogen) atoms. The summed E-state index contributed by atoms with van der Waals surface area (Å²) in [7, 11) is 0. The molecule has 0 amide bonds. The molecule has 0 aliphatic rings. The van der Waals surface area contributed by atoms with Crippen molar-refractivity contribution in [3.8, 4) is 11.5 Å². The molecule has 0 atom stereocenters. The zero-order valence-corrected chi connectivity index (χ0v) is 16.8. The van der Waals surface area contributed by atoms with E-state index in [1.165, 1.54) is 0 Å². The van der Waals surface area contributed by atoms with E-state index in [4.69, 9.17) is 19.9 Å². The third-order valence-electron chi connectivity index (χ3n) is 4.33. The lowest BCUT2D eigenvalue weighted by Crippen LogP contribution is -2.13. The molecular formula is C24H26N2O4. The standard InChI is InChI=1S/C24H26N2O4/c25-10-12-28-13-14-29-21-8-9-24(30-18-19-5-2-1-3-6-19)22(16-21)23(27)15-20-7-4-11-26-17-20/h1-9,11,16-17H,10,12-15,18,25H2. The maximum atomic E-state index is 13.0. The molecular weight excluding hydrogens is 380 g/mol. The molecule has 6 nitrogen and oxygen atoms in total. The van der Waals surface area contributed by atoms with Gasteiger partial charge in [0.25, 0.3) is 0 Å². The van der Waals surface area contributed by atoms with Crippen molar-refractivity contribution in [2.24, 2.45) is 5.73 Å². The maximum absolute atomic E-state index is 13.0. The number of carbonyl (C=O) groups excluding carboxylic acids is 1. The van der Waals surface area contributed by atoms with Crippen LogP contribution in [0, 0.1) is 0 Å². The van der Waals surface area contributed by atoms with Crippen LogP contribution >= 0.6 is 0 Å². The van der Waals surface area contributed by atoms with Gasteiger partial charge in [-0.1, -0.05) is 36.4 Å². The van der Waals surface area contributed by atoms with Crippen LogP contribution in [0.2, 0.25) is 0 Å². The van der Waals surface area contributed by atoms with Gasteiger partial charge < -0.3 is 19.9 Å². The molecule has 0 fully saturated rings. The first-order chi connectivity index (χ1) is 14.8. The Morgan fingerprint density at radius 1 is 0.900 bits per heavy atom. The summed E-state index contributed by atoms with van der Waals surface area (Å²) in [4.78, 5) is 17.1. The summed E-state index contributed by atoms with van der Waals surface area (Å²) in [5, 5.41) is 0. The monoisotopic (exact) mass is 406 g/mol. The van der Waals surface area contributed by atoms with Gasteiger partial charge in [-0.2, -0.15) is 0 Å². The highest BCUT2D eigenvalue weighted by Gasteiger charge is 2.15. The predicted octanol–water partition coefficient (Wildman–Crippen LogP) is 3.44. The highest BCUT2D eigenvalue weighted by atomic mass is 16.5. The second-order valence-electron chi connectivity index (χ2n) is 6.64. The van der Waals surface area contributed by atoms with Crippen LogP contribution in [0.5, 0.6) is 11.5 Å². The number of hydrogen-bond acceptors (Lipinski definition) is 6. The molecule has 0 aliphatic carbocycles. The summed E-state index contributed by atoms with van der Waals surface area (Å²) in [5.74, 6) is 1.06. The SMILES string of the molecule is NCCOCCOc1ccc(OCc2ccccc2)c(C(=O)Cc2cccnc2)c1. The number of ketones is 1. The number of carbonyl (C=O) groups is 1. The third-order valence-corrected chi connectivity index (χ3v) is 4.33. The number of Topliss-reactive ketones (excluding diaryl/α,β-unsaturated/α-hetero) is 1. The molecule has 1 aromatic heterocycles. The highest BCUT2D eigenvalue weighted by molar-refractivity contribution is 6.00. The molecule has 0 saturated carbocycles. The van der Waals surface area contributed by atoms with E-state index in [2.05, 4.69) is 4.98 Å². The minimum absolute atomic E-state index is 0.0594. The van der Waals surface area contributed by atoms with Gasteiger partial charge in [0.15, 0.2) is 5.78 Å². The lowest BCUT2D eigenvalue weighted by molar-refractivity contribution is 0.0985. The van der Waals surface area contributed by atoms with Crippen molar-refractivity contribution < 1.29 is 19.0 Å². The van der Waals surface area contributed by atoms with Crippen LogP contribution in [-0.4, -0.2) is 37.1 Å². The van der Waals surface area contributed by atoms with Crippen LogP contribution in [0.25, 0.3) is 0 Å².